The molecule has 7 heteroatoms. The predicted octanol–water partition coefficient (Wildman–Crippen LogP) is 3.80. The number of aryl methyl sites for hydroxylation is 3. The fourth-order valence-corrected chi connectivity index (χ4v) is 2.84. The molecule has 0 radical (unpaired) electrons. The van der Waals surface area contributed by atoms with Crippen LogP contribution in [0, 0.1) is 13.8 Å². The molecule has 126 valence electrons. The number of hydrogen-bond donors (Lipinski definition) is 0. The average molecular weight is 349 g/mol. The Morgan fingerprint density at radius 1 is 1.38 bits per heavy atom. The molecular weight excluding hydrogens is 332 g/mol. The molecular formula is C17H17ClN2O4. The molecule has 0 aliphatic heterocycles. The van der Waals surface area contributed by atoms with Crippen LogP contribution in [0.4, 0.5) is 0 Å². The Kier molecular flexibility index (Phi) is 4.24. The standard InChI is InChI=1S/C17H17ClN2O4/c1-9-11-6-5-7-13(22-4)15(11)24-14(9)17(21)23-8-12-10(2)19-20(3)16(12)18/h5-7H,8H2,1-4H3. The highest BCUT2D eigenvalue weighted by molar-refractivity contribution is 6.30. The van der Waals surface area contributed by atoms with Crippen molar-refractivity contribution in [2.45, 2.75) is 20.5 Å². The molecule has 3 aromatic rings. The minimum Gasteiger partial charge on any atom is -0.493 e. The maximum Gasteiger partial charge on any atom is 0.374 e. The number of furan rings is 1. The quantitative estimate of drug-likeness (QED) is 0.671. The van der Waals surface area contributed by atoms with E-state index in [0.29, 0.717) is 27.6 Å². The lowest BCUT2D eigenvalue weighted by Crippen LogP contribution is -2.06. The van der Waals surface area contributed by atoms with Gasteiger partial charge in [-0.3, -0.25) is 4.68 Å². The van der Waals surface area contributed by atoms with E-state index in [9.17, 15) is 4.79 Å². The van der Waals surface area contributed by atoms with Crippen molar-refractivity contribution in [2.24, 2.45) is 7.05 Å². The Hall–Kier alpha value is -2.47. The lowest BCUT2D eigenvalue weighted by atomic mass is 10.1. The summed E-state index contributed by atoms with van der Waals surface area (Å²) in [5, 5.41) is 5.45. The third kappa shape index (κ3) is 2.63. The number of carbonyl (C=O) groups is 1. The molecule has 0 N–H and O–H groups in total. The number of ether oxygens (including phenoxy) is 2. The van der Waals surface area contributed by atoms with Crippen LogP contribution in [-0.2, 0) is 18.4 Å². The zero-order valence-corrected chi connectivity index (χ0v) is 14.6. The number of aromatic nitrogens is 2. The van der Waals surface area contributed by atoms with E-state index >= 15 is 0 Å². The summed E-state index contributed by atoms with van der Waals surface area (Å²) >= 11 is 6.15. The molecule has 0 fully saturated rings. The summed E-state index contributed by atoms with van der Waals surface area (Å²) in [5.41, 5.74) is 2.64. The molecule has 0 amide bonds. The Labute approximate surface area is 143 Å². The fraction of sp³-hybridized carbons (Fsp3) is 0.294. The summed E-state index contributed by atoms with van der Waals surface area (Å²) in [4.78, 5) is 12.4. The normalized spacial score (nSPS) is 11.0. The third-order valence-corrected chi connectivity index (χ3v) is 4.42. The van der Waals surface area contributed by atoms with E-state index in [4.69, 9.17) is 25.5 Å². The number of methoxy groups -OCH3 is 1. The molecule has 0 saturated carbocycles. The monoisotopic (exact) mass is 348 g/mol. The molecule has 24 heavy (non-hydrogen) atoms. The van der Waals surface area contributed by atoms with Crippen LogP contribution in [0.5, 0.6) is 5.75 Å². The van der Waals surface area contributed by atoms with Gasteiger partial charge in [0.25, 0.3) is 0 Å². The second kappa shape index (κ2) is 6.20. The Morgan fingerprint density at radius 2 is 2.12 bits per heavy atom. The van der Waals surface area contributed by atoms with E-state index in [-0.39, 0.29) is 12.4 Å². The molecule has 1 aromatic carbocycles. The van der Waals surface area contributed by atoms with Crippen LogP contribution >= 0.6 is 11.6 Å². The first kappa shape index (κ1) is 16.4. The lowest BCUT2D eigenvalue weighted by Gasteiger charge is -2.03. The Bertz CT molecular complexity index is 926. The number of rotatable bonds is 4. The summed E-state index contributed by atoms with van der Waals surface area (Å²) in [6.45, 7) is 3.65. The van der Waals surface area contributed by atoms with Crippen molar-refractivity contribution in [1.82, 2.24) is 9.78 Å². The lowest BCUT2D eigenvalue weighted by molar-refractivity contribution is 0.0437. The number of carbonyl (C=O) groups excluding carboxylic acids is 1. The maximum absolute atomic E-state index is 12.4. The van der Waals surface area contributed by atoms with E-state index in [0.717, 1.165) is 11.1 Å². The molecule has 0 saturated heterocycles. The molecule has 0 spiro atoms. The van der Waals surface area contributed by atoms with Gasteiger partial charge in [0.05, 0.1) is 12.8 Å². The van der Waals surface area contributed by atoms with Crippen molar-refractivity contribution in [3.05, 3.63) is 45.9 Å². The van der Waals surface area contributed by atoms with Crippen LogP contribution < -0.4 is 4.74 Å². The van der Waals surface area contributed by atoms with Gasteiger partial charge in [0, 0.05) is 23.6 Å². The van der Waals surface area contributed by atoms with Crippen LogP contribution in [0.15, 0.2) is 22.6 Å². The zero-order valence-electron chi connectivity index (χ0n) is 13.8. The number of fused-ring (bicyclic) bond motifs is 1. The summed E-state index contributed by atoms with van der Waals surface area (Å²) in [6.07, 6.45) is 0. The molecule has 0 atom stereocenters. The molecule has 3 rings (SSSR count). The van der Waals surface area contributed by atoms with Gasteiger partial charge in [-0.15, -0.1) is 0 Å². The summed E-state index contributed by atoms with van der Waals surface area (Å²) in [5.74, 6) is 0.179. The Balaban J connectivity index is 1.88. The highest BCUT2D eigenvalue weighted by Crippen LogP contribution is 2.32. The topological polar surface area (TPSA) is 66.5 Å². The van der Waals surface area contributed by atoms with Gasteiger partial charge in [0.15, 0.2) is 11.3 Å². The SMILES string of the molecule is COc1cccc2c(C)c(C(=O)OCc3c(C)nn(C)c3Cl)oc12. The van der Waals surface area contributed by atoms with Gasteiger partial charge >= 0.3 is 5.97 Å². The number of halogens is 1. The highest BCUT2D eigenvalue weighted by Gasteiger charge is 2.22. The Morgan fingerprint density at radius 3 is 2.75 bits per heavy atom. The first-order chi connectivity index (χ1) is 11.4. The molecule has 0 aliphatic carbocycles. The smallest absolute Gasteiger partial charge is 0.374 e. The first-order valence-electron chi connectivity index (χ1n) is 7.35. The van der Waals surface area contributed by atoms with Crippen LogP contribution in [0.2, 0.25) is 5.15 Å². The maximum atomic E-state index is 12.4. The van der Waals surface area contributed by atoms with Gasteiger partial charge in [0.2, 0.25) is 5.76 Å². The van der Waals surface area contributed by atoms with E-state index in [1.54, 1.807) is 20.2 Å². The van der Waals surface area contributed by atoms with Gasteiger partial charge < -0.3 is 13.9 Å². The minimum atomic E-state index is -0.551. The van der Waals surface area contributed by atoms with Crippen molar-refractivity contribution >= 4 is 28.5 Å². The van der Waals surface area contributed by atoms with Crippen LogP contribution in [0.3, 0.4) is 0 Å². The summed E-state index contributed by atoms with van der Waals surface area (Å²) in [6, 6.07) is 5.49. The van der Waals surface area contributed by atoms with Gasteiger partial charge in [-0.25, -0.2) is 4.79 Å². The number of benzene rings is 1. The predicted molar refractivity (Wildman–Crippen MR) is 89.6 cm³/mol. The summed E-state index contributed by atoms with van der Waals surface area (Å²) in [7, 11) is 3.29. The average Bonchev–Trinajstić information content (AvgIpc) is 3.03. The zero-order chi connectivity index (χ0) is 17.4. The van der Waals surface area contributed by atoms with Gasteiger partial charge in [0.1, 0.15) is 11.8 Å². The number of esters is 1. The van der Waals surface area contributed by atoms with Crippen molar-refractivity contribution in [3.8, 4) is 5.75 Å². The van der Waals surface area contributed by atoms with E-state index < -0.39 is 5.97 Å². The first-order valence-corrected chi connectivity index (χ1v) is 7.73. The molecule has 0 bridgehead atoms. The number of hydrogen-bond acceptors (Lipinski definition) is 5. The van der Waals surface area contributed by atoms with E-state index in [1.807, 2.05) is 26.0 Å². The van der Waals surface area contributed by atoms with Crippen molar-refractivity contribution in [2.75, 3.05) is 7.11 Å². The molecule has 6 nitrogen and oxygen atoms in total. The van der Waals surface area contributed by atoms with Crippen molar-refractivity contribution < 1.29 is 18.7 Å². The second-order valence-electron chi connectivity index (χ2n) is 5.45. The number of para-hydroxylation sites is 1. The molecule has 0 aliphatic rings. The van der Waals surface area contributed by atoms with E-state index in [2.05, 4.69) is 5.10 Å². The van der Waals surface area contributed by atoms with Crippen molar-refractivity contribution in [3.63, 3.8) is 0 Å². The van der Waals surface area contributed by atoms with Crippen LogP contribution in [0.1, 0.15) is 27.4 Å². The van der Waals surface area contributed by atoms with Crippen LogP contribution in [0.25, 0.3) is 11.0 Å². The molecule has 0 unspecified atom stereocenters. The highest BCUT2D eigenvalue weighted by atomic mass is 35.5. The third-order valence-electron chi connectivity index (χ3n) is 3.95. The van der Waals surface area contributed by atoms with Gasteiger partial charge in [-0.1, -0.05) is 23.7 Å². The minimum absolute atomic E-state index is 0.0327. The summed E-state index contributed by atoms with van der Waals surface area (Å²) < 4.78 is 17.8. The van der Waals surface area contributed by atoms with Crippen molar-refractivity contribution in [1.29, 1.82) is 0 Å². The largest absolute Gasteiger partial charge is 0.493 e. The molecule has 2 aromatic heterocycles. The second-order valence-corrected chi connectivity index (χ2v) is 5.81. The van der Waals surface area contributed by atoms with E-state index in [1.165, 1.54) is 4.68 Å². The molecule has 2 heterocycles. The fourth-order valence-electron chi connectivity index (χ4n) is 2.61. The van der Waals surface area contributed by atoms with Gasteiger partial charge in [-0.05, 0) is 19.9 Å². The number of nitrogens with zero attached hydrogens (tertiary/aromatic N) is 2. The van der Waals surface area contributed by atoms with Crippen LogP contribution in [-0.4, -0.2) is 22.9 Å². The van der Waals surface area contributed by atoms with Gasteiger partial charge in [-0.2, -0.15) is 5.10 Å².